The van der Waals surface area contributed by atoms with Crippen molar-refractivity contribution in [2.75, 3.05) is 12.8 Å². The molecule has 0 amide bonds. The number of hydrogen-bond donors (Lipinski definition) is 1. The summed E-state index contributed by atoms with van der Waals surface area (Å²) in [5.41, 5.74) is 8.40. The Morgan fingerprint density at radius 1 is 1.40 bits per heavy atom. The third kappa shape index (κ3) is 2.90. The van der Waals surface area contributed by atoms with Crippen molar-refractivity contribution in [1.82, 2.24) is 9.78 Å². The Hall–Kier alpha value is -2.50. The zero-order valence-corrected chi connectivity index (χ0v) is 11.7. The molecule has 0 fully saturated rings. The van der Waals surface area contributed by atoms with Crippen LogP contribution in [0.1, 0.15) is 21.7 Å². The first-order valence-corrected chi connectivity index (χ1v) is 6.11. The van der Waals surface area contributed by atoms with Crippen LogP contribution in [0, 0.1) is 6.92 Å². The highest BCUT2D eigenvalue weighted by molar-refractivity contribution is 5.93. The van der Waals surface area contributed by atoms with Crippen molar-refractivity contribution in [3.05, 3.63) is 41.2 Å². The molecule has 2 rings (SSSR count). The molecule has 2 aromatic rings. The monoisotopic (exact) mass is 275 g/mol. The first-order chi connectivity index (χ1) is 9.51. The van der Waals surface area contributed by atoms with Crippen molar-refractivity contribution in [2.24, 2.45) is 7.05 Å². The van der Waals surface area contributed by atoms with Gasteiger partial charge in [-0.2, -0.15) is 5.10 Å². The summed E-state index contributed by atoms with van der Waals surface area (Å²) in [5, 5.41) is 4.23. The zero-order valence-electron chi connectivity index (χ0n) is 11.7. The van der Waals surface area contributed by atoms with Gasteiger partial charge in [0.05, 0.1) is 18.5 Å². The molecule has 0 aliphatic carbocycles. The topological polar surface area (TPSA) is 79.4 Å². The van der Waals surface area contributed by atoms with E-state index in [0.717, 1.165) is 11.4 Å². The van der Waals surface area contributed by atoms with Crippen LogP contribution in [0.15, 0.2) is 24.3 Å². The summed E-state index contributed by atoms with van der Waals surface area (Å²) in [6.45, 7) is 2.20. The van der Waals surface area contributed by atoms with Gasteiger partial charge in [0, 0.05) is 18.8 Å². The van der Waals surface area contributed by atoms with Crippen molar-refractivity contribution >= 4 is 11.7 Å². The average Bonchev–Trinajstić information content (AvgIpc) is 2.74. The van der Waals surface area contributed by atoms with Gasteiger partial charge in [-0.15, -0.1) is 0 Å². The van der Waals surface area contributed by atoms with Gasteiger partial charge in [-0.25, -0.2) is 4.79 Å². The molecule has 1 aromatic carbocycles. The summed E-state index contributed by atoms with van der Waals surface area (Å²) in [6.07, 6.45) is 0. The number of esters is 1. The van der Waals surface area contributed by atoms with Gasteiger partial charge in [0.25, 0.3) is 0 Å². The minimum Gasteiger partial charge on any atom is -0.486 e. The van der Waals surface area contributed by atoms with Gasteiger partial charge in [0.1, 0.15) is 17.9 Å². The highest BCUT2D eigenvalue weighted by atomic mass is 16.5. The van der Waals surface area contributed by atoms with E-state index >= 15 is 0 Å². The van der Waals surface area contributed by atoms with Gasteiger partial charge in [0.15, 0.2) is 0 Å². The Kier molecular flexibility index (Phi) is 3.93. The molecule has 0 aliphatic rings. The molecule has 0 saturated carbocycles. The molecule has 0 bridgehead atoms. The van der Waals surface area contributed by atoms with Crippen LogP contribution in [0.4, 0.5) is 5.69 Å². The lowest BCUT2D eigenvalue weighted by Gasteiger charge is -2.11. The smallest absolute Gasteiger partial charge is 0.341 e. The molecule has 1 heterocycles. The second-order valence-corrected chi connectivity index (χ2v) is 4.44. The van der Waals surface area contributed by atoms with Crippen LogP contribution in [0.25, 0.3) is 0 Å². The molecule has 0 radical (unpaired) electrons. The molecule has 20 heavy (non-hydrogen) atoms. The largest absolute Gasteiger partial charge is 0.486 e. The zero-order chi connectivity index (χ0) is 14.7. The Bertz CT molecular complexity index is 635. The predicted molar refractivity (Wildman–Crippen MR) is 74.5 cm³/mol. The third-order valence-electron chi connectivity index (χ3n) is 2.89. The number of aryl methyl sites for hydroxylation is 2. The fourth-order valence-corrected chi connectivity index (χ4v) is 1.89. The van der Waals surface area contributed by atoms with Crippen LogP contribution >= 0.6 is 0 Å². The Morgan fingerprint density at radius 3 is 2.75 bits per heavy atom. The van der Waals surface area contributed by atoms with E-state index in [-0.39, 0.29) is 0 Å². The summed E-state index contributed by atoms with van der Waals surface area (Å²) in [7, 11) is 3.17. The quantitative estimate of drug-likeness (QED) is 0.678. The van der Waals surface area contributed by atoms with E-state index in [1.54, 1.807) is 22.9 Å². The summed E-state index contributed by atoms with van der Waals surface area (Å²) in [5.74, 6) is -0.0584. The Labute approximate surface area is 117 Å². The van der Waals surface area contributed by atoms with Gasteiger partial charge in [-0.3, -0.25) is 4.68 Å². The van der Waals surface area contributed by atoms with Gasteiger partial charge in [0.2, 0.25) is 0 Å². The highest BCUT2D eigenvalue weighted by Gasteiger charge is 2.14. The fraction of sp³-hybridized carbons (Fsp3) is 0.286. The molecule has 0 aliphatic heterocycles. The Morgan fingerprint density at radius 2 is 2.15 bits per heavy atom. The molecule has 0 saturated heterocycles. The number of methoxy groups -OCH3 is 1. The van der Waals surface area contributed by atoms with Crippen LogP contribution in [-0.4, -0.2) is 22.9 Å². The van der Waals surface area contributed by atoms with E-state index in [2.05, 4.69) is 5.10 Å². The van der Waals surface area contributed by atoms with Crippen molar-refractivity contribution < 1.29 is 14.3 Å². The number of carbonyl (C=O) groups excluding carboxylic acids is 1. The van der Waals surface area contributed by atoms with Crippen LogP contribution in [0.5, 0.6) is 5.75 Å². The molecule has 6 nitrogen and oxygen atoms in total. The lowest BCUT2D eigenvalue weighted by atomic mass is 10.2. The number of ether oxygens (including phenoxy) is 2. The lowest BCUT2D eigenvalue weighted by Crippen LogP contribution is -2.08. The summed E-state index contributed by atoms with van der Waals surface area (Å²) < 4.78 is 12.1. The van der Waals surface area contributed by atoms with Crippen LogP contribution < -0.4 is 10.5 Å². The van der Waals surface area contributed by atoms with Gasteiger partial charge in [-0.05, 0) is 25.1 Å². The van der Waals surface area contributed by atoms with E-state index in [0.29, 0.717) is 23.6 Å². The van der Waals surface area contributed by atoms with E-state index in [4.69, 9.17) is 15.2 Å². The van der Waals surface area contributed by atoms with Crippen LogP contribution in [-0.2, 0) is 18.4 Å². The second-order valence-electron chi connectivity index (χ2n) is 4.44. The fourth-order valence-electron chi connectivity index (χ4n) is 1.89. The predicted octanol–water partition coefficient (Wildman–Crippen LogP) is 1.68. The maximum atomic E-state index is 11.7. The van der Waals surface area contributed by atoms with Gasteiger partial charge >= 0.3 is 5.97 Å². The van der Waals surface area contributed by atoms with Crippen LogP contribution in [0.2, 0.25) is 0 Å². The normalized spacial score (nSPS) is 10.3. The molecule has 6 heteroatoms. The molecule has 0 spiro atoms. The molecular formula is C14H17N3O3. The van der Waals surface area contributed by atoms with Gasteiger partial charge < -0.3 is 15.2 Å². The molecular weight excluding hydrogens is 258 g/mol. The summed E-state index contributed by atoms with van der Waals surface area (Å²) in [4.78, 5) is 11.7. The minimum atomic E-state index is -0.457. The second kappa shape index (κ2) is 5.64. The van der Waals surface area contributed by atoms with E-state index in [1.807, 2.05) is 20.0 Å². The van der Waals surface area contributed by atoms with Crippen molar-refractivity contribution in [2.45, 2.75) is 13.5 Å². The van der Waals surface area contributed by atoms with E-state index in [1.165, 1.54) is 7.11 Å². The number of carbonyl (C=O) groups is 1. The number of nitrogen functional groups attached to an aromatic ring is 1. The minimum absolute atomic E-state index is 0.296. The number of hydrogen-bond acceptors (Lipinski definition) is 5. The molecule has 0 unspecified atom stereocenters. The first kappa shape index (κ1) is 13.9. The summed E-state index contributed by atoms with van der Waals surface area (Å²) >= 11 is 0. The van der Waals surface area contributed by atoms with E-state index < -0.39 is 5.97 Å². The maximum Gasteiger partial charge on any atom is 0.341 e. The van der Waals surface area contributed by atoms with Crippen molar-refractivity contribution in [3.8, 4) is 5.75 Å². The van der Waals surface area contributed by atoms with Crippen molar-refractivity contribution in [3.63, 3.8) is 0 Å². The van der Waals surface area contributed by atoms with E-state index in [9.17, 15) is 4.79 Å². The van der Waals surface area contributed by atoms with Gasteiger partial charge in [-0.1, -0.05) is 0 Å². The Balaban J connectivity index is 2.22. The highest BCUT2D eigenvalue weighted by Crippen LogP contribution is 2.23. The summed E-state index contributed by atoms with van der Waals surface area (Å²) in [6, 6.07) is 6.75. The third-order valence-corrected chi connectivity index (χ3v) is 2.89. The molecule has 0 atom stereocenters. The molecule has 106 valence electrons. The maximum absolute atomic E-state index is 11.7. The number of anilines is 1. The molecule has 2 N–H and O–H groups in total. The SMILES string of the molecule is COC(=O)c1ccc(N)cc1OCc1cc(C)nn1C. The first-order valence-electron chi connectivity index (χ1n) is 6.11. The van der Waals surface area contributed by atoms with Crippen LogP contribution in [0.3, 0.4) is 0 Å². The van der Waals surface area contributed by atoms with Crippen molar-refractivity contribution in [1.29, 1.82) is 0 Å². The number of benzene rings is 1. The number of nitrogens with two attached hydrogens (primary N) is 1. The lowest BCUT2D eigenvalue weighted by molar-refractivity contribution is 0.0595. The standard InChI is InChI=1S/C14H17N3O3/c1-9-6-11(17(2)16-9)8-20-13-7-10(15)4-5-12(13)14(18)19-3/h4-7H,8,15H2,1-3H3. The number of aromatic nitrogens is 2. The molecule has 1 aromatic heterocycles. The number of rotatable bonds is 4. The number of nitrogens with zero attached hydrogens (tertiary/aromatic N) is 2. The average molecular weight is 275 g/mol.